The van der Waals surface area contributed by atoms with Crippen molar-refractivity contribution in [3.05, 3.63) is 23.4 Å². The van der Waals surface area contributed by atoms with Crippen LogP contribution in [0.3, 0.4) is 0 Å². The van der Waals surface area contributed by atoms with E-state index in [0.29, 0.717) is 22.7 Å². The molecule has 1 saturated heterocycles. The maximum atomic E-state index is 12.2. The zero-order valence-corrected chi connectivity index (χ0v) is 10.8. The highest BCUT2D eigenvalue weighted by Crippen LogP contribution is 2.38. The summed E-state index contributed by atoms with van der Waals surface area (Å²) in [5.41, 5.74) is 0. The van der Waals surface area contributed by atoms with Crippen LogP contribution in [0.4, 0.5) is 5.82 Å². The molecule has 96 valence electrons. The molecule has 2 N–H and O–H groups in total. The van der Waals surface area contributed by atoms with E-state index in [9.17, 15) is 4.79 Å². The minimum Gasteiger partial charge on any atom is -0.308 e. The number of halogens is 1. The molecule has 1 saturated carbocycles. The number of nitrogens with one attached hydrogen (secondary N) is 2. The number of nitrogens with zero attached hydrogens (tertiary/aromatic N) is 1. The van der Waals surface area contributed by atoms with Crippen LogP contribution in [0.1, 0.15) is 19.3 Å². The van der Waals surface area contributed by atoms with Gasteiger partial charge in [0.2, 0.25) is 5.91 Å². The smallest absolute Gasteiger partial charge is 0.242 e. The van der Waals surface area contributed by atoms with Crippen molar-refractivity contribution in [1.82, 2.24) is 10.3 Å². The third kappa shape index (κ3) is 2.10. The highest BCUT2D eigenvalue weighted by atomic mass is 35.5. The highest BCUT2D eigenvalue weighted by Gasteiger charge is 2.42. The molecule has 1 aromatic heterocycles. The van der Waals surface area contributed by atoms with Crippen LogP contribution in [-0.4, -0.2) is 23.5 Å². The lowest BCUT2D eigenvalue weighted by Gasteiger charge is -2.17. The molecule has 1 amide bonds. The van der Waals surface area contributed by atoms with Gasteiger partial charge in [-0.1, -0.05) is 18.0 Å². The fourth-order valence-corrected chi connectivity index (χ4v) is 3.32. The first-order valence-electron chi connectivity index (χ1n) is 6.40. The molecule has 2 heterocycles. The van der Waals surface area contributed by atoms with Crippen LogP contribution < -0.4 is 10.6 Å². The first-order valence-corrected chi connectivity index (χ1v) is 6.78. The Morgan fingerprint density at radius 3 is 3.22 bits per heavy atom. The van der Waals surface area contributed by atoms with Gasteiger partial charge in [0.1, 0.15) is 0 Å². The summed E-state index contributed by atoms with van der Waals surface area (Å²) in [5, 5.41) is 6.61. The molecule has 1 aliphatic heterocycles. The number of aromatic nitrogens is 1. The summed E-state index contributed by atoms with van der Waals surface area (Å²) in [5.74, 6) is 1.59. The molecule has 3 unspecified atom stereocenters. The molecule has 18 heavy (non-hydrogen) atoms. The lowest BCUT2D eigenvalue weighted by atomic mass is 9.94. The number of carbonyl (C=O) groups excluding carboxylic acids is 1. The number of carbonyl (C=O) groups is 1. The standard InChI is InChI=1S/C13H16ClN3O/c14-10-5-2-6-15-12(10)17-13(18)11-9-4-1-3-8(9)7-16-11/h2,5-6,8-9,11,16H,1,3-4,7H2,(H,15,17,18). The number of fused-ring (bicyclic) bond motifs is 1. The van der Waals surface area contributed by atoms with Gasteiger partial charge in [0.25, 0.3) is 0 Å². The third-order valence-electron chi connectivity index (χ3n) is 4.03. The first kappa shape index (κ1) is 11.9. The normalized spacial score (nSPS) is 30.2. The Hall–Kier alpha value is -1.13. The van der Waals surface area contributed by atoms with Crippen molar-refractivity contribution < 1.29 is 4.79 Å². The lowest BCUT2D eigenvalue weighted by Crippen LogP contribution is -2.40. The molecular weight excluding hydrogens is 250 g/mol. The average Bonchev–Trinajstić information content (AvgIpc) is 2.93. The number of hydrogen-bond acceptors (Lipinski definition) is 3. The highest BCUT2D eigenvalue weighted by molar-refractivity contribution is 6.33. The SMILES string of the molecule is O=C(Nc1ncccc1Cl)C1NCC2CCCC21. The van der Waals surface area contributed by atoms with Gasteiger partial charge < -0.3 is 10.6 Å². The molecule has 2 aliphatic rings. The summed E-state index contributed by atoms with van der Waals surface area (Å²) < 4.78 is 0. The zero-order chi connectivity index (χ0) is 12.5. The summed E-state index contributed by atoms with van der Waals surface area (Å²) >= 11 is 5.99. The van der Waals surface area contributed by atoms with Crippen LogP contribution in [0, 0.1) is 11.8 Å². The van der Waals surface area contributed by atoms with Crippen molar-refractivity contribution in [3.63, 3.8) is 0 Å². The second kappa shape index (κ2) is 4.86. The number of pyridine rings is 1. The molecule has 0 bridgehead atoms. The molecule has 5 heteroatoms. The van der Waals surface area contributed by atoms with Gasteiger partial charge in [0.05, 0.1) is 11.1 Å². The molecule has 0 spiro atoms. The van der Waals surface area contributed by atoms with E-state index in [1.165, 1.54) is 12.8 Å². The first-order chi connectivity index (χ1) is 8.75. The number of hydrogen-bond donors (Lipinski definition) is 2. The van der Waals surface area contributed by atoms with Crippen molar-refractivity contribution in [3.8, 4) is 0 Å². The van der Waals surface area contributed by atoms with Crippen LogP contribution in [0.15, 0.2) is 18.3 Å². The Labute approximate surface area is 111 Å². The number of rotatable bonds is 2. The maximum Gasteiger partial charge on any atom is 0.242 e. The van der Waals surface area contributed by atoms with Crippen LogP contribution in [-0.2, 0) is 4.79 Å². The van der Waals surface area contributed by atoms with Gasteiger partial charge in [-0.15, -0.1) is 0 Å². The second-order valence-corrected chi connectivity index (χ2v) is 5.47. The van der Waals surface area contributed by atoms with Crippen molar-refractivity contribution in [1.29, 1.82) is 0 Å². The predicted octanol–water partition coefficient (Wildman–Crippen LogP) is 2.06. The Bertz CT molecular complexity index is 465. The summed E-state index contributed by atoms with van der Waals surface area (Å²) in [6.45, 7) is 0.957. The predicted molar refractivity (Wildman–Crippen MR) is 70.5 cm³/mol. The Morgan fingerprint density at radius 1 is 1.50 bits per heavy atom. The second-order valence-electron chi connectivity index (χ2n) is 5.06. The Morgan fingerprint density at radius 2 is 2.39 bits per heavy atom. The fraction of sp³-hybridized carbons (Fsp3) is 0.538. The summed E-state index contributed by atoms with van der Waals surface area (Å²) in [4.78, 5) is 16.3. The Kier molecular flexibility index (Phi) is 3.22. The zero-order valence-electron chi connectivity index (χ0n) is 10.0. The van der Waals surface area contributed by atoms with Gasteiger partial charge in [0, 0.05) is 6.20 Å². The molecule has 3 rings (SSSR count). The summed E-state index contributed by atoms with van der Waals surface area (Å²) in [7, 11) is 0. The third-order valence-corrected chi connectivity index (χ3v) is 4.33. The quantitative estimate of drug-likeness (QED) is 0.861. The van der Waals surface area contributed by atoms with Crippen molar-refractivity contribution in [2.45, 2.75) is 25.3 Å². The molecule has 3 atom stereocenters. The van der Waals surface area contributed by atoms with Gasteiger partial charge in [-0.25, -0.2) is 4.98 Å². The van der Waals surface area contributed by atoms with E-state index in [4.69, 9.17) is 11.6 Å². The van der Waals surface area contributed by atoms with E-state index in [0.717, 1.165) is 13.0 Å². The Balaban J connectivity index is 1.70. The maximum absolute atomic E-state index is 12.2. The molecule has 4 nitrogen and oxygen atoms in total. The molecule has 0 aromatic carbocycles. The molecular formula is C13H16ClN3O. The lowest BCUT2D eigenvalue weighted by molar-refractivity contribution is -0.118. The number of anilines is 1. The van der Waals surface area contributed by atoms with Gasteiger partial charge >= 0.3 is 0 Å². The van der Waals surface area contributed by atoms with Gasteiger partial charge in [-0.3, -0.25) is 4.79 Å². The topological polar surface area (TPSA) is 54.0 Å². The minimum atomic E-state index is -0.0874. The summed E-state index contributed by atoms with van der Waals surface area (Å²) in [6.07, 6.45) is 5.25. The van der Waals surface area contributed by atoms with Crippen LogP contribution in [0.25, 0.3) is 0 Å². The van der Waals surface area contributed by atoms with Gasteiger partial charge in [0.15, 0.2) is 5.82 Å². The molecule has 2 fully saturated rings. The molecule has 0 radical (unpaired) electrons. The fourth-order valence-electron chi connectivity index (χ4n) is 3.15. The minimum absolute atomic E-state index is 0.00926. The van der Waals surface area contributed by atoms with Crippen molar-refractivity contribution in [2.24, 2.45) is 11.8 Å². The van der Waals surface area contributed by atoms with Crippen LogP contribution in [0.2, 0.25) is 5.02 Å². The van der Waals surface area contributed by atoms with E-state index in [1.54, 1.807) is 18.3 Å². The van der Waals surface area contributed by atoms with E-state index >= 15 is 0 Å². The van der Waals surface area contributed by atoms with Crippen LogP contribution in [0.5, 0.6) is 0 Å². The van der Waals surface area contributed by atoms with E-state index in [2.05, 4.69) is 15.6 Å². The van der Waals surface area contributed by atoms with E-state index in [1.807, 2.05) is 0 Å². The number of amides is 1. The van der Waals surface area contributed by atoms with Gasteiger partial charge in [-0.05, 0) is 43.4 Å². The van der Waals surface area contributed by atoms with Crippen molar-refractivity contribution in [2.75, 3.05) is 11.9 Å². The molecule has 1 aromatic rings. The average molecular weight is 266 g/mol. The van der Waals surface area contributed by atoms with Crippen LogP contribution >= 0.6 is 11.6 Å². The van der Waals surface area contributed by atoms with Crippen molar-refractivity contribution >= 4 is 23.3 Å². The molecule has 1 aliphatic carbocycles. The largest absolute Gasteiger partial charge is 0.308 e. The van der Waals surface area contributed by atoms with E-state index < -0.39 is 0 Å². The summed E-state index contributed by atoms with van der Waals surface area (Å²) in [6, 6.07) is 3.39. The van der Waals surface area contributed by atoms with Gasteiger partial charge in [-0.2, -0.15) is 0 Å². The monoisotopic (exact) mass is 265 g/mol. The van der Waals surface area contributed by atoms with E-state index in [-0.39, 0.29) is 11.9 Å².